The van der Waals surface area contributed by atoms with Gasteiger partial charge in [-0.25, -0.2) is 0 Å². The van der Waals surface area contributed by atoms with Crippen molar-refractivity contribution >= 4 is 5.97 Å². The molecule has 1 aliphatic heterocycles. The first-order chi connectivity index (χ1) is 7.60. The fourth-order valence-corrected chi connectivity index (χ4v) is 2.26. The summed E-state index contributed by atoms with van der Waals surface area (Å²) < 4.78 is 10.5. The Bertz CT molecular complexity index is 220. The lowest BCUT2D eigenvalue weighted by Gasteiger charge is -2.38. The number of carbonyl (C=O) groups is 1. The summed E-state index contributed by atoms with van der Waals surface area (Å²) in [6.45, 7) is 3.84. The number of esters is 1. The smallest absolute Gasteiger partial charge is 0.307 e. The van der Waals surface area contributed by atoms with Gasteiger partial charge in [0.2, 0.25) is 0 Å². The van der Waals surface area contributed by atoms with Crippen LogP contribution in [0.25, 0.3) is 0 Å². The third kappa shape index (κ3) is 3.46. The number of hydrogen-bond donors (Lipinski definition) is 0. The van der Waals surface area contributed by atoms with Crippen LogP contribution in [0.5, 0.6) is 0 Å². The van der Waals surface area contributed by atoms with Crippen molar-refractivity contribution in [2.24, 2.45) is 0 Å². The van der Waals surface area contributed by atoms with Crippen LogP contribution in [0, 0.1) is 0 Å². The van der Waals surface area contributed by atoms with Crippen LogP contribution >= 0.6 is 0 Å². The van der Waals surface area contributed by atoms with E-state index in [9.17, 15) is 4.79 Å². The van der Waals surface area contributed by atoms with E-state index in [0.29, 0.717) is 13.0 Å². The van der Waals surface area contributed by atoms with E-state index >= 15 is 0 Å². The molecule has 0 N–H and O–H groups in total. The van der Waals surface area contributed by atoms with Crippen molar-refractivity contribution in [3.8, 4) is 0 Å². The van der Waals surface area contributed by atoms with E-state index in [4.69, 9.17) is 9.47 Å². The van der Waals surface area contributed by atoms with Gasteiger partial charge in [-0.05, 0) is 40.3 Å². The van der Waals surface area contributed by atoms with E-state index in [1.54, 1.807) is 0 Å². The van der Waals surface area contributed by atoms with Gasteiger partial charge in [-0.1, -0.05) is 0 Å². The lowest BCUT2D eigenvalue weighted by atomic mass is 9.86. The van der Waals surface area contributed by atoms with Crippen LogP contribution in [0.4, 0.5) is 0 Å². The van der Waals surface area contributed by atoms with Crippen LogP contribution in [0.3, 0.4) is 0 Å². The summed E-state index contributed by atoms with van der Waals surface area (Å²) in [5.41, 5.74) is -0.0806. The molecule has 0 spiro atoms. The maximum absolute atomic E-state index is 11.6. The first kappa shape index (κ1) is 13.5. The molecule has 1 saturated heterocycles. The normalized spacial score (nSPS) is 26.5. The fraction of sp³-hybridized carbons (Fsp3) is 0.917. The third-order valence-electron chi connectivity index (χ3n) is 3.37. The minimum atomic E-state index is -0.0990. The van der Waals surface area contributed by atoms with Gasteiger partial charge in [0.1, 0.15) is 0 Å². The van der Waals surface area contributed by atoms with Crippen molar-refractivity contribution in [1.29, 1.82) is 0 Å². The van der Waals surface area contributed by atoms with Gasteiger partial charge < -0.3 is 14.4 Å². The molecule has 0 radical (unpaired) electrons. The largest absolute Gasteiger partial charge is 0.466 e. The van der Waals surface area contributed by atoms with Gasteiger partial charge in [-0.3, -0.25) is 4.79 Å². The molecule has 1 heterocycles. The Morgan fingerprint density at radius 3 is 2.75 bits per heavy atom. The van der Waals surface area contributed by atoms with Crippen LogP contribution in [-0.2, 0) is 14.3 Å². The molecule has 0 amide bonds. The highest BCUT2D eigenvalue weighted by atomic mass is 16.5. The van der Waals surface area contributed by atoms with Crippen molar-refractivity contribution in [3.05, 3.63) is 0 Å². The predicted octanol–water partition coefficient (Wildman–Crippen LogP) is 1.44. The molecular weight excluding hydrogens is 206 g/mol. The molecule has 1 fully saturated rings. The topological polar surface area (TPSA) is 38.8 Å². The summed E-state index contributed by atoms with van der Waals surface area (Å²) in [4.78, 5) is 13.8. The zero-order valence-corrected chi connectivity index (χ0v) is 10.6. The molecule has 1 aliphatic rings. The molecule has 0 aromatic rings. The number of ether oxygens (including phenoxy) is 2. The fourth-order valence-electron chi connectivity index (χ4n) is 2.26. The van der Waals surface area contributed by atoms with Crippen LogP contribution in [-0.4, -0.2) is 50.3 Å². The summed E-state index contributed by atoms with van der Waals surface area (Å²) in [5.74, 6) is -0.0990. The van der Waals surface area contributed by atoms with Crippen molar-refractivity contribution in [1.82, 2.24) is 4.90 Å². The molecule has 4 nitrogen and oxygen atoms in total. The second-order valence-corrected chi connectivity index (χ2v) is 4.57. The average Bonchev–Trinajstić information content (AvgIpc) is 2.44. The van der Waals surface area contributed by atoms with Crippen LogP contribution < -0.4 is 0 Å². The van der Waals surface area contributed by atoms with Gasteiger partial charge in [0.25, 0.3) is 0 Å². The Kier molecular flexibility index (Phi) is 5.22. The lowest BCUT2D eigenvalue weighted by molar-refractivity contribution is -0.146. The quantitative estimate of drug-likeness (QED) is 0.684. The highest BCUT2D eigenvalue weighted by Gasteiger charge is 2.36. The number of rotatable bonds is 4. The first-order valence-corrected chi connectivity index (χ1v) is 6.01. The zero-order valence-electron chi connectivity index (χ0n) is 10.6. The van der Waals surface area contributed by atoms with Gasteiger partial charge in [-0.15, -0.1) is 0 Å². The lowest BCUT2D eigenvalue weighted by Crippen LogP contribution is -2.46. The van der Waals surface area contributed by atoms with Crippen molar-refractivity contribution in [3.63, 3.8) is 0 Å². The second-order valence-electron chi connectivity index (χ2n) is 4.57. The summed E-state index contributed by atoms with van der Waals surface area (Å²) in [6, 6.07) is 0. The third-order valence-corrected chi connectivity index (χ3v) is 3.37. The molecule has 1 unspecified atom stereocenters. The van der Waals surface area contributed by atoms with E-state index in [-0.39, 0.29) is 11.5 Å². The molecular formula is C12H23NO3. The second kappa shape index (κ2) is 6.21. The van der Waals surface area contributed by atoms with Crippen molar-refractivity contribution in [2.75, 3.05) is 33.9 Å². The molecule has 94 valence electrons. The molecule has 4 heteroatoms. The standard InChI is InChI=1S/C12H23NO3/c1-4-16-11(14)10-12(13(2)3)6-5-8-15-9-7-12/h4-10H2,1-3H3. The highest BCUT2D eigenvalue weighted by Crippen LogP contribution is 2.30. The molecule has 0 bridgehead atoms. The molecule has 0 aromatic heterocycles. The number of nitrogens with zero attached hydrogens (tertiary/aromatic N) is 1. The molecule has 1 rings (SSSR count). The van der Waals surface area contributed by atoms with Gasteiger partial charge in [0.05, 0.1) is 13.0 Å². The predicted molar refractivity (Wildman–Crippen MR) is 62.3 cm³/mol. The Balaban J connectivity index is 2.66. The van der Waals surface area contributed by atoms with Crippen LogP contribution in [0.15, 0.2) is 0 Å². The minimum Gasteiger partial charge on any atom is -0.466 e. The molecule has 0 aromatic carbocycles. The number of carbonyl (C=O) groups excluding carboxylic acids is 1. The minimum absolute atomic E-state index is 0.0806. The van der Waals surface area contributed by atoms with E-state index in [1.807, 2.05) is 21.0 Å². The van der Waals surface area contributed by atoms with Gasteiger partial charge in [0.15, 0.2) is 0 Å². The number of hydrogen-bond acceptors (Lipinski definition) is 4. The van der Waals surface area contributed by atoms with E-state index < -0.39 is 0 Å². The first-order valence-electron chi connectivity index (χ1n) is 6.01. The van der Waals surface area contributed by atoms with Gasteiger partial charge in [0, 0.05) is 18.8 Å². The Morgan fingerprint density at radius 1 is 1.38 bits per heavy atom. The maximum Gasteiger partial charge on any atom is 0.307 e. The highest BCUT2D eigenvalue weighted by molar-refractivity contribution is 5.70. The van der Waals surface area contributed by atoms with Crippen molar-refractivity contribution in [2.45, 2.75) is 38.1 Å². The molecule has 16 heavy (non-hydrogen) atoms. The summed E-state index contributed by atoms with van der Waals surface area (Å²) in [6.07, 6.45) is 3.38. The monoisotopic (exact) mass is 229 g/mol. The zero-order chi connectivity index (χ0) is 12.0. The van der Waals surface area contributed by atoms with E-state index in [0.717, 1.165) is 32.5 Å². The van der Waals surface area contributed by atoms with Crippen molar-refractivity contribution < 1.29 is 14.3 Å². The Labute approximate surface area is 97.9 Å². The molecule has 0 aliphatic carbocycles. The Hall–Kier alpha value is -0.610. The molecule has 1 atom stereocenters. The average molecular weight is 229 g/mol. The van der Waals surface area contributed by atoms with E-state index in [1.165, 1.54) is 0 Å². The van der Waals surface area contributed by atoms with Gasteiger partial charge >= 0.3 is 5.97 Å². The van der Waals surface area contributed by atoms with E-state index in [2.05, 4.69) is 4.90 Å². The summed E-state index contributed by atoms with van der Waals surface area (Å²) in [5, 5.41) is 0. The van der Waals surface area contributed by atoms with Crippen LogP contribution in [0.2, 0.25) is 0 Å². The summed E-state index contributed by atoms with van der Waals surface area (Å²) >= 11 is 0. The molecule has 0 saturated carbocycles. The summed E-state index contributed by atoms with van der Waals surface area (Å²) in [7, 11) is 4.06. The van der Waals surface area contributed by atoms with Gasteiger partial charge in [-0.2, -0.15) is 0 Å². The maximum atomic E-state index is 11.6. The van der Waals surface area contributed by atoms with Crippen LogP contribution in [0.1, 0.15) is 32.6 Å². The Morgan fingerprint density at radius 2 is 2.12 bits per heavy atom. The SMILES string of the molecule is CCOC(=O)CC1(N(C)C)CCCOCC1.